The van der Waals surface area contributed by atoms with Gasteiger partial charge in [0.2, 0.25) is 5.91 Å². The predicted molar refractivity (Wildman–Crippen MR) is 85.1 cm³/mol. The lowest BCUT2D eigenvalue weighted by Gasteiger charge is -2.15. The van der Waals surface area contributed by atoms with Crippen LogP contribution in [0, 0.1) is 6.92 Å². The van der Waals surface area contributed by atoms with Gasteiger partial charge in [0.15, 0.2) is 5.96 Å². The molecule has 1 amide bonds. The fraction of sp³-hybridized carbons (Fsp3) is 0.429. The highest BCUT2D eigenvalue weighted by Gasteiger charge is 2.12. The quantitative estimate of drug-likeness (QED) is 0.882. The molecule has 6 heteroatoms. The number of anilines is 1. The molecule has 0 aliphatic carbocycles. The van der Waals surface area contributed by atoms with Crippen molar-refractivity contribution in [2.24, 2.45) is 4.99 Å². The number of amides is 1. The lowest BCUT2D eigenvalue weighted by atomic mass is 10.2. The average Bonchev–Trinajstić information content (AvgIpc) is 2.80. The first-order valence-electron chi connectivity index (χ1n) is 6.62. The molecule has 0 saturated heterocycles. The molecule has 2 rings (SSSR count). The Bertz CT molecular complexity index is 530. The SMILES string of the molecule is Cc1ccc(Br)cc1NC(=O)CCNC1=NCCN1C. The molecule has 108 valence electrons. The standard InChI is InChI=1S/C14H19BrN4O/c1-10-3-4-11(15)9-12(10)18-13(20)5-6-16-14-17-7-8-19(14)2/h3-4,9H,5-8H2,1-2H3,(H,16,17)(H,18,20). The summed E-state index contributed by atoms with van der Waals surface area (Å²) in [5, 5.41) is 6.11. The number of carbonyl (C=O) groups excluding carboxylic acids is 1. The summed E-state index contributed by atoms with van der Waals surface area (Å²) in [6, 6.07) is 5.84. The van der Waals surface area contributed by atoms with E-state index in [2.05, 4.69) is 36.5 Å². The molecule has 1 aliphatic heterocycles. The first kappa shape index (κ1) is 14.8. The molecule has 1 aromatic rings. The van der Waals surface area contributed by atoms with Crippen molar-refractivity contribution in [1.82, 2.24) is 10.2 Å². The average molecular weight is 339 g/mol. The monoisotopic (exact) mass is 338 g/mol. The second-order valence-corrected chi connectivity index (χ2v) is 5.73. The van der Waals surface area contributed by atoms with Crippen molar-refractivity contribution in [3.8, 4) is 0 Å². The van der Waals surface area contributed by atoms with E-state index < -0.39 is 0 Å². The first-order valence-corrected chi connectivity index (χ1v) is 7.41. The van der Waals surface area contributed by atoms with Crippen LogP contribution in [0.3, 0.4) is 0 Å². The Labute approximate surface area is 127 Å². The van der Waals surface area contributed by atoms with Crippen LogP contribution in [0.4, 0.5) is 5.69 Å². The minimum atomic E-state index is -0.0000463. The Morgan fingerprint density at radius 3 is 3.00 bits per heavy atom. The van der Waals surface area contributed by atoms with E-state index in [1.807, 2.05) is 32.2 Å². The zero-order valence-electron chi connectivity index (χ0n) is 11.7. The number of hydrogen-bond donors (Lipinski definition) is 2. The smallest absolute Gasteiger partial charge is 0.226 e. The van der Waals surface area contributed by atoms with Gasteiger partial charge >= 0.3 is 0 Å². The van der Waals surface area contributed by atoms with Crippen molar-refractivity contribution in [2.75, 3.05) is 32.0 Å². The fourth-order valence-corrected chi connectivity index (χ4v) is 2.31. The summed E-state index contributed by atoms with van der Waals surface area (Å²) in [4.78, 5) is 18.3. The lowest BCUT2D eigenvalue weighted by Crippen LogP contribution is -2.37. The van der Waals surface area contributed by atoms with Gasteiger partial charge in [-0.15, -0.1) is 0 Å². The normalized spacial score (nSPS) is 14.2. The van der Waals surface area contributed by atoms with Crippen LogP contribution in [0.15, 0.2) is 27.7 Å². The van der Waals surface area contributed by atoms with Gasteiger partial charge in [0, 0.05) is 36.7 Å². The minimum Gasteiger partial charge on any atom is -0.356 e. The molecule has 0 spiro atoms. The minimum absolute atomic E-state index is 0.0000463. The molecule has 0 aromatic heterocycles. The third-order valence-electron chi connectivity index (χ3n) is 3.17. The maximum atomic E-state index is 11.9. The Balaban J connectivity index is 1.79. The van der Waals surface area contributed by atoms with Crippen LogP contribution in [0.5, 0.6) is 0 Å². The van der Waals surface area contributed by atoms with Gasteiger partial charge in [-0.05, 0) is 24.6 Å². The van der Waals surface area contributed by atoms with Crippen LogP contribution < -0.4 is 10.6 Å². The van der Waals surface area contributed by atoms with E-state index in [0.29, 0.717) is 13.0 Å². The number of benzene rings is 1. The maximum absolute atomic E-state index is 11.9. The van der Waals surface area contributed by atoms with Crippen molar-refractivity contribution in [3.63, 3.8) is 0 Å². The summed E-state index contributed by atoms with van der Waals surface area (Å²) in [7, 11) is 1.99. The molecule has 1 aromatic carbocycles. The molecule has 20 heavy (non-hydrogen) atoms. The van der Waals surface area contributed by atoms with Gasteiger partial charge in [0.25, 0.3) is 0 Å². The highest BCUT2D eigenvalue weighted by molar-refractivity contribution is 9.10. The van der Waals surface area contributed by atoms with E-state index in [0.717, 1.165) is 34.8 Å². The molecule has 0 radical (unpaired) electrons. The number of halogens is 1. The van der Waals surface area contributed by atoms with E-state index in [4.69, 9.17) is 0 Å². The van der Waals surface area contributed by atoms with Gasteiger partial charge in [-0.25, -0.2) is 0 Å². The number of nitrogens with one attached hydrogen (secondary N) is 2. The van der Waals surface area contributed by atoms with Crippen LogP contribution >= 0.6 is 15.9 Å². The molecule has 5 nitrogen and oxygen atoms in total. The fourth-order valence-electron chi connectivity index (χ4n) is 1.95. The second kappa shape index (κ2) is 6.74. The van der Waals surface area contributed by atoms with Crippen molar-refractivity contribution < 1.29 is 4.79 Å². The van der Waals surface area contributed by atoms with E-state index >= 15 is 0 Å². The van der Waals surface area contributed by atoms with Gasteiger partial charge < -0.3 is 15.5 Å². The summed E-state index contributed by atoms with van der Waals surface area (Å²) in [6.45, 7) is 4.32. The molecule has 0 bridgehead atoms. The van der Waals surface area contributed by atoms with E-state index in [-0.39, 0.29) is 5.91 Å². The topological polar surface area (TPSA) is 56.7 Å². The van der Waals surface area contributed by atoms with Crippen LogP contribution in [-0.4, -0.2) is 43.4 Å². The van der Waals surface area contributed by atoms with E-state index in [1.165, 1.54) is 0 Å². The third kappa shape index (κ3) is 3.96. The molecule has 1 heterocycles. The Morgan fingerprint density at radius 2 is 2.30 bits per heavy atom. The molecule has 0 fully saturated rings. The van der Waals surface area contributed by atoms with E-state index in [1.54, 1.807) is 0 Å². The molecule has 2 N–H and O–H groups in total. The number of carbonyl (C=O) groups is 1. The van der Waals surface area contributed by atoms with Crippen LogP contribution in [0.1, 0.15) is 12.0 Å². The molecule has 1 aliphatic rings. The lowest BCUT2D eigenvalue weighted by molar-refractivity contribution is -0.116. The number of aryl methyl sites for hydroxylation is 1. The van der Waals surface area contributed by atoms with Gasteiger partial charge in [0.05, 0.1) is 6.54 Å². The summed E-state index contributed by atoms with van der Waals surface area (Å²) in [5.41, 5.74) is 1.90. The largest absolute Gasteiger partial charge is 0.356 e. The highest BCUT2D eigenvalue weighted by Crippen LogP contribution is 2.20. The van der Waals surface area contributed by atoms with Gasteiger partial charge in [0.1, 0.15) is 0 Å². The van der Waals surface area contributed by atoms with Crippen LogP contribution in [-0.2, 0) is 4.79 Å². The molecule has 0 saturated carbocycles. The molecular formula is C14H19BrN4O. The summed E-state index contributed by atoms with van der Waals surface area (Å²) >= 11 is 3.41. The predicted octanol–water partition coefficient (Wildman–Crippen LogP) is 1.98. The number of hydrogen-bond acceptors (Lipinski definition) is 4. The third-order valence-corrected chi connectivity index (χ3v) is 3.66. The van der Waals surface area contributed by atoms with Crippen molar-refractivity contribution in [1.29, 1.82) is 0 Å². The molecule has 0 atom stereocenters. The zero-order chi connectivity index (χ0) is 14.5. The van der Waals surface area contributed by atoms with Crippen LogP contribution in [0.25, 0.3) is 0 Å². The van der Waals surface area contributed by atoms with E-state index in [9.17, 15) is 4.79 Å². The molecule has 0 unspecified atom stereocenters. The van der Waals surface area contributed by atoms with Crippen LogP contribution in [0.2, 0.25) is 0 Å². The number of rotatable bonds is 4. The summed E-state index contributed by atoms with van der Waals surface area (Å²) in [5.74, 6) is 0.872. The first-order chi connectivity index (χ1) is 9.56. The second-order valence-electron chi connectivity index (χ2n) is 4.81. The van der Waals surface area contributed by atoms with Gasteiger partial charge in [-0.3, -0.25) is 9.79 Å². The number of guanidine groups is 1. The van der Waals surface area contributed by atoms with Gasteiger partial charge in [-0.1, -0.05) is 22.0 Å². The van der Waals surface area contributed by atoms with Gasteiger partial charge in [-0.2, -0.15) is 0 Å². The highest BCUT2D eigenvalue weighted by atomic mass is 79.9. The van der Waals surface area contributed by atoms with Crippen molar-refractivity contribution in [3.05, 3.63) is 28.2 Å². The molecular weight excluding hydrogens is 320 g/mol. The zero-order valence-corrected chi connectivity index (χ0v) is 13.3. The summed E-state index contributed by atoms with van der Waals surface area (Å²) < 4.78 is 0.957. The number of nitrogens with zero attached hydrogens (tertiary/aromatic N) is 2. The Kier molecular flexibility index (Phi) is 5.00. The summed E-state index contributed by atoms with van der Waals surface area (Å²) in [6.07, 6.45) is 0.415. The Hall–Kier alpha value is -1.56. The van der Waals surface area contributed by atoms with Crippen molar-refractivity contribution >= 4 is 33.5 Å². The maximum Gasteiger partial charge on any atom is 0.226 e. The van der Waals surface area contributed by atoms with Crippen molar-refractivity contribution in [2.45, 2.75) is 13.3 Å². The number of aliphatic imine (C=N–C) groups is 1. The Morgan fingerprint density at radius 1 is 1.50 bits per heavy atom. The number of likely N-dealkylation sites (N-methyl/N-ethyl adjacent to an activating group) is 1.